The van der Waals surface area contributed by atoms with Crippen molar-refractivity contribution >= 4 is 5.91 Å². The highest BCUT2D eigenvalue weighted by atomic mass is 16.5. The van der Waals surface area contributed by atoms with Gasteiger partial charge in [-0.2, -0.15) is 0 Å². The number of ether oxygens (including phenoxy) is 2. The van der Waals surface area contributed by atoms with Gasteiger partial charge in [-0.05, 0) is 44.0 Å². The molecule has 0 radical (unpaired) electrons. The Hall–Kier alpha value is -4.00. The molecule has 1 amide bonds. The predicted molar refractivity (Wildman–Crippen MR) is 143 cm³/mol. The lowest BCUT2D eigenvalue weighted by molar-refractivity contribution is 0.0923. The zero-order chi connectivity index (χ0) is 25.8. The van der Waals surface area contributed by atoms with Crippen LogP contribution < -0.4 is 14.8 Å². The Bertz CT molecular complexity index is 1360. The minimum atomic E-state index is -0.287. The molecule has 1 fully saturated rings. The van der Waals surface area contributed by atoms with E-state index in [1.54, 1.807) is 26.4 Å². The van der Waals surface area contributed by atoms with Gasteiger partial charge in [-0.25, -0.2) is 4.98 Å². The molecule has 2 aromatic heterocycles. The number of aromatic nitrogens is 2. The van der Waals surface area contributed by atoms with Gasteiger partial charge in [0.25, 0.3) is 5.91 Å². The summed E-state index contributed by atoms with van der Waals surface area (Å²) in [6, 6.07) is 17.8. The maximum atomic E-state index is 13.0. The van der Waals surface area contributed by atoms with E-state index in [0.717, 1.165) is 35.4 Å². The van der Waals surface area contributed by atoms with Gasteiger partial charge in [0.05, 0.1) is 26.2 Å². The Labute approximate surface area is 217 Å². The van der Waals surface area contributed by atoms with Gasteiger partial charge in [-0.3, -0.25) is 4.79 Å². The number of methoxy groups -OCH3 is 2. The Morgan fingerprint density at radius 2 is 1.81 bits per heavy atom. The standard InChI is InChI=1S/C30H33N3O4/c1-20-9-11-21(12-10-20)28-29(33(19-32-28)23-7-5-4-6-8-23)25-15-16-26(37-25)30(34)31-18-22-13-14-24(35-2)17-27(22)36-3/h9-17,19,23H,4-8,18H2,1-3H3,(H,31,34). The quantitative estimate of drug-likeness (QED) is 0.297. The van der Waals surface area contributed by atoms with Crippen LogP contribution in [0.4, 0.5) is 0 Å². The van der Waals surface area contributed by atoms with E-state index < -0.39 is 0 Å². The van der Waals surface area contributed by atoms with Gasteiger partial charge in [0, 0.05) is 29.8 Å². The summed E-state index contributed by atoms with van der Waals surface area (Å²) in [4.78, 5) is 17.8. The van der Waals surface area contributed by atoms with Gasteiger partial charge in [-0.1, -0.05) is 49.1 Å². The summed E-state index contributed by atoms with van der Waals surface area (Å²) in [5.41, 5.74) is 4.87. The number of benzene rings is 2. The van der Waals surface area contributed by atoms with E-state index in [9.17, 15) is 4.79 Å². The summed E-state index contributed by atoms with van der Waals surface area (Å²) in [6.07, 6.45) is 7.86. The average Bonchev–Trinajstić information content (AvgIpc) is 3.60. The van der Waals surface area contributed by atoms with Crippen LogP contribution >= 0.6 is 0 Å². The molecular weight excluding hydrogens is 466 g/mol. The van der Waals surface area contributed by atoms with E-state index in [0.29, 0.717) is 29.8 Å². The maximum absolute atomic E-state index is 13.0. The van der Waals surface area contributed by atoms with Crippen molar-refractivity contribution in [2.45, 2.75) is 51.6 Å². The summed E-state index contributed by atoms with van der Waals surface area (Å²) in [6.45, 7) is 2.38. The first kappa shape index (κ1) is 24.7. The summed E-state index contributed by atoms with van der Waals surface area (Å²) in [5.74, 6) is 1.96. The first-order valence-electron chi connectivity index (χ1n) is 12.8. The number of aryl methyl sites for hydroxylation is 1. The molecule has 0 unspecified atom stereocenters. The van der Waals surface area contributed by atoms with Crippen molar-refractivity contribution in [1.29, 1.82) is 0 Å². The number of hydrogen-bond donors (Lipinski definition) is 1. The molecule has 2 aromatic carbocycles. The van der Waals surface area contributed by atoms with Crippen molar-refractivity contribution in [3.8, 4) is 34.2 Å². The molecule has 0 aliphatic heterocycles. The zero-order valence-electron chi connectivity index (χ0n) is 21.6. The van der Waals surface area contributed by atoms with Crippen molar-refractivity contribution in [3.05, 3.63) is 77.8 Å². The van der Waals surface area contributed by atoms with Crippen molar-refractivity contribution < 1.29 is 18.7 Å². The van der Waals surface area contributed by atoms with E-state index in [1.807, 2.05) is 24.5 Å². The predicted octanol–water partition coefficient (Wildman–Crippen LogP) is 6.57. The largest absolute Gasteiger partial charge is 0.497 e. The van der Waals surface area contributed by atoms with Gasteiger partial charge in [-0.15, -0.1) is 0 Å². The molecule has 0 saturated heterocycles. The number of rotatable bonds is 8. The lowest BCUT2D eigenvalue weighted by atomic mass is 9.95. The highest BCUT2D eigenvalue weighted by Crippen LogP contribution is 2.38. The third-order valence-electron chi connectivity index (χ3n) is 7.08. The minimum Gasteiger partial charge on any atom is -0.497 e. The van der Waals surface area contributed by atoms with Crippen molar-refractivity contribution in [1.82, 2.24) is 14.9 Å². The van der Waals surface area contributed by atoms with Crippen molar-refractivity contribution in [3.63, 3.8) is 0 Å². The van der Waals surface area contributed by atoms with Gasteiger partial charge in [0.1, 0.15) is 17.2 Å². The Balaban J connectivity index is 1.41. The van der Waals surface area contributed by atoms with E-state index >= 15 is 0 Å². The third-order valence-corrected chi connectivity index (χ3v) is 7.08. The van der Waals surface area contributed by atoms with Crippen LogP contribution in [0.5, 0.6) is 11.5 Å². The van der Waals surface area contributed by atoms with Crippen LogP contribution in [0.2, 0.25) is 0 Å². The van der Waals surface area contributed by atoms with Gasteiger partial charge >= 0.3 is 0 Å². The molecule has 37 heavy (non-hydrogen) atoms. The normalized spacial score (nSPS) is 13.9. The molecule has 4 aromatic rings. The summed E-state index contributed by atoms with van der Waals surface area (Å²) in [5, 5.41) is 2.94. The highest BCUT2D eigenvalue weighted by molar-refractivity contribution is 5.92. The molecule has 0 atom stereocenters. The first-order chi connectivity index (χ1) is 18.1. The summed E-state index contributed by atoms with van der Waals surface area (Å²) in [7, 11) is 3.20. The number of carbonyl (C=O) groups is 1. The van der Waals surface area contributed by atoms with Gasteiger partial charge < -0.3 is 23.8 Å². The Kier molecular flexibility index (Phi) is 7.30. The van der Waals surface area contributed by atoms with E-state index in [1.165, 1.54) is 24.8 Å². The Morgan fingerprint density at radius 3 is 2.54 bits per heavy atom. The van der Waals surface area contributed by atoms with Crippen LogP contribution in [0.25, 0.3) is 22.7 Å². The van der Waals surface area contributed by atoms with Gasteiger partial charge in [0.15, 0.2) is 11.5 Å². The zero-order valence-corrected chi connectivity index (χ0v) is 21.6. The van der Waals surface area contributed by atoms with Crippen molar-refractivity contribution in [2.24, 2.45) is 0 Å². The van der Waals surface area contributed by atoms with Crippen LogP contribution in [0.15, 0.2) is 65.3 Å². The van der Waals surface area contributed by atoms with E-state index in [-0.39, 0.29) is 11.7 Å². The molecule has 7 heteroatoms. The molecule has 5 rings (SSSR count). The molecule has 192 valence electrons. The maximum Gasteiger partial charge on any atom is 0.287 e. The molecule has 1 aliphatic rings. The van der Waals surface area contributed by atoms with Crippen LogP contribution in [0.3, 0.4) is 0 Å². The van der Waals surface area contributed by atoms with E-state index in [2.05, 4.69) is 41.1 Å². The molecule has 1 aliphatic carbocycles. The number of amides is 1. The molecule has 7 nitrogen and oxygen atoms in total. The first-order valence-corrected chi connectivity index (χ1v) is 12.8. The third kappa shape index (κ3) is 5.26. The van der Waals surface area contributed by atoms with E-state index in [4.69, 9.17) is 18.9 Å². The SMILES string of the molecule is COc1ccc(CNC(=O)c2ccc(-c3c(-c4ccc(C)cc4)ncn3C3CCCCC3)o2)c(OC)c1. The molecule has 0 bridgehead atoms. The number of imidazole rings is 1. The second-order valence-electron chi connectivity index (χ2n) is 9.53. The number of carbonyl (C=O) groups excluding carboxylic acids is 1. The lowest BCUT2D eigenvalue weighted by Gasteiger charge is -2.24. The monoisotopic (exact) mass is 499 g/mol. The number of hydrogen-bond acceptors (Lipinski definition) is 5. The topological polar surface area (TPSA) is 78.5 Å². The Morgan fingerprint density at radius 1 is 1.03 bits per heavy atom. The smallest absolute Gasteiger partial charge is 0.287 e. The average molecular weight is 500 g/mol. The van der Waals surface area contributed by atoms with Crippen LogP contribution in [-0.4, -0.2) is 29.7 Å². The fourth-order valence-electron chi connectivity index (χ4n) is 5.01. The highest BCUT2D eigenvalue weighted by Gasteiger charge is 2.25. The molecule has 1 saturated carbocycles. The number of nitrogens with one attached hydrogen (secondary N) is 1. The molecule has 1 N–H and O–H groups in total. The van der Waals surface area contributed by atoms with Crippen LogP contribution in [0.1, 0.15) is 59.8 Å². The molecule has 2 heterocycles. The lowest BCUT2D eigenvalue weighted by Crippen LogP contribution is -2.22. The van der Waals surface area contributed by atoms with Crippen LogP contribution in [0, 0.1) is 6.92 Å². The van der Waals surface area contributed by atoms with Gasteiger partial charge in [0.2, 0.25) is 0 Å². The number of nitrogens with zero attached hydrogens (tertiary/aromatic N) is 2. The fourth-order valence-corrected chi connectivity index (χ4v) is 5.01. The second-order valence-corrected chi connectivity index (χ2v) is 9.53. The van der Waals surface area contributed by atoms with Crippen LogP contribution in [-0.2, 0) is 6.54 Å². The summed E-state index contributed by atoms with van der Waals surface area (Å²) < 4.78 is 19.1. The number of furan rings is 1. The van der Waals surface area contributed by atoms with Crippen molar-refractivity contribution in [2.75, 3.05) is 14.2 Å². The second kappa shape index (κ2) is 10.9. The minimum absolute atomic E-state index is 0.258. The fraction of sp³-hybridized carbons (Fsp3) is 0.333. The summed E-state index contributed by atoms with van der Waals surface area (Å²) >= 11 is 0. The molecular formula is C30H33N3O4. The molecule has 0 spiro atoms.